The first-order chi connectivity index (χ1) is 10.9. The monoisotopic (exact) mass is 342 g/mol. The molecule has 0 aromatic carbocycles. The van der Waals surface area contributed by atoms with Gasteiger partial charge in [0.15, 0.2) is 0 Å². The Labute approximate surface area is 146 Å². The van der Waals surface area contributed by atoms with Crippen LogP contribution in [0.2, 0.25) is 0 Å². The van der Waals surface area contributed by atoms with Gasteiger partial charge in [-0.1, -0.05) is 0 Å². The minimum Gasteiger partial charge on any atom is -0.444 e. The van der Waals surface area contributed by atoms with Gasteiger partial charge in [-0.05, 0) is 67.2 Å². The van der Waals surface area contributed by atoms with Crippen molar-refractivity contribution in [3.63, 3.8) is 0 Å². The fraction of sp³-hybridized carbons (Fsp3) is 0.889. The first-order valence-corrected chi connectivity index (χ1v) is 8.87. The highest BCUT2D eigenvalue weighted by molar-refractivity contribution is 5.69. The number of ether oxygens (including phenoxy) is 2. The van der Waals surface area contributed by atoms with Crippen LogP contribution in [-0.4, -0.2) is 59.4 Å². The molecule has 0 bridgehead atoms. The summed E-state index contributed by atoms with van der Waals surface area (Å²) in [4.78, 5) is 28.0. The summed E-state index contributed by atoms with van der Waals surface area (Å²) < 4.78 is 10.9. The maximum Gasteiger partial charge on any atom is 0.410 e. The van der Waals surface area contributed by atoms with Crippen LogP contribution < -0.4 is 0 Å². The normalized spacial score (nSPS) is 19.0. The van der Waals surface area contributed by atoms with Gasteiger partial charge in [-0.2, -0.15) is 0 Å². The van der Waals surface area contributed by atoms with Crippen molar-refractivity contribution in [3.05, 3.63) is 0 Å². The molecule has 0 saturated carbocycles. The molecule has 24 heavy (non-hydrogen) atoms. The summed E-state index contributed by atoms with van der Waals surface area (Å²) in [6.07, 6.45) is 1.36. The van der Waals surface area contributed by atoms with Crippen LogP contribution in [0.25, 0.3) is 0 Å². The lowest BCUT2D eigenvalue weighted by Gasteiger charge is -2.36. The number of carbonyl (C=O) groups is 2. The van der Waals surface area contributed by atoms with Gasteiger partial charge in [-0.3, -0.25) is 0 Å². The first-order valence-electron chi connectivity index (χ1n) is 8.87. The number of likely N-dealkylation sites (tertiary alicyclic amines) is 1. The average molecular weight is 342 g/mol. The highest BCUT2D eigenvalue weighted by atomic mass is 16.6. The Hall–Kier alpha value is -1.46. The molecule has 6 heteroatoms. The Morgan fingerprint density at radius 3 is 2.17 bits per heavy atom. The molecule has 0 N–H and O–H groups in total. The van der Waals surface area contributed by atoms with Crippen LogP contribution in [0.15, 0.2) is 0 Å². The van der Waals surface area contributed by atoms with Gasteiger partial charge >= 0.3 is 12.2 Å². The summed E-state index contributed by atoms with van der Waals surface area (Å²) in [5.41, 5.74) is -0.990. The molecule has 1 unspecified atom stereocenters. The summed E-state index contributed by atoms with van der Waals surface area (Å²) >= 11 is 0. The number of rotatable bonds is 3. The van der Waals surface area contributed by atoms with Crippen molar-refractivity contribution in [2.24, 2.45) is 5.92 Å². The quantitative estimate of drug-likeness (QED) is 0.781. The van der Waals surface area contributed by atoms with Gasteiger partial charge in [0.2, 0.25) is 0 Å². The van der Waals surface area contributed by atoms with E-state index in [-0.39, 0.29) is 18.1 Å². The number of nitrogens with zero attached hydrogens (tertiary/aromatic N) is 2. The van der Waals surface area contributed by atoms with E-state index in [1.807, 2.05) is 48.5 Å². The molecule has 1 heterocycles. The lowest BCUT2D eigenvalue weighted by molar-refractivity contribution is 0.00913. The van der Waals surface area contributed by atoms with E-state index in [4.69, 9.17) is 9.47 Å². The average Bonchev–Trinajstić information content (AvgIpc) is 2.41. The number of amides is 2. The van der Waals surface area contributed by atoms with Crippen LogP contribution in [0.1, 0.15) is 61.3 Å². The van der Waals surface area contributed by atoms with E-state index in [0.717, 1.165) is 12.8 Å². The molecule has 0 aliphatic carbocycles. The molecule has 0 spiro atoms. The fourth-order valence-electron chi connectivity index (χ4n) is 2.68. The van der Waals surface area contributed by atoms with E-state index in [0.29, 0.717) is 26.2 Å². The summed E-state index contributed by atoms with van der Waals surface area (Å²) in [5.74, 6) is 0.249. The Morgan fingerprint density at radius 1 is 1.08 bits per heavy atom. The van der Waals surface area contributed by atoms with Crippen LogP contribution in [0.4, 0.5) is 9.59 Å². The van der Waals surface area contributed by atoms with E-state index in [1.54, 1.807) is 9.80 Å². The minimum atomic E-state index is -0.500. The molecule has 140 valence electrons. The van der Waals surface area contributed by atoms with Crippen molar-refractivity contribution in [3.8, 4) is 0 Å². The zero-order valence-corrected chi connectivity index (χ0v) is 16.3. The number of hydrogen-bond donors (Lipinski definition) is 0. The zero-order valence-electron chi connectivity index (χ0n) is 16.3. The van der Waals surface area contributed by atoms with Crippen molar-refractivity contribution in [2.45, 2.75) is 72.5 Å². The van der Waals surface area contributed by atoms with E-state index in [9.17, 15) is 9.59 Å². The van der Waals surface area contributed by atoms with Gasteiger partial charge in [0.25, 0.3) is 0 Å². The molecule has 0 aromatic rings. The third-order valence-corrected chi connectivity index (χ3v) is 3.68. The maximum atomic E-state index is 12.3. The van der Waals surface area contributed by atoms with Crippen molar-refractivity contribution >= 4 is 12.2 Å². The van der Waals surface area contributed by atoms with E-state index >= 15 is 0 Å². The summed E-state index contributed by atoms with van der Waals surface area (Å²) in [6.45, 7) is 15.7. The third kappa shape index (κ3) is 7.41. The number of carbonyl (C=O) groups excluding carboxylic acids is 2. The number of piperidine rings is 1. The Kier molecular flexibility index (Phi) is 6.93. The van der Waals surface area contributed by atoms with Crippen LogP contribution in [-0.2, 0) is 9.47 Å². The minimum absolute atomic E-state index is 0.249. The Balaban J connectivity index is 2.60. The second-order valence-electron chi connectivity index (χ2n) is 8.45. The molecule has 1 rings (SSSR count). The van der Waals surface area contributed by atoms with Crippen molar-refractivity contribution in [1.82, 2.24) is 9.80 Å². The standard InChI is InChI=1S/C18H34N2O4/c1-8-19(15(21)23-17(2,3)4)12-14-10-9-11-20(13-14)16(22)24-18(5,6)7/h14H,8-13H2,1-7H3. The topological polar surface area (TPSA) is 59.1 Å². The predicted octanol–water partition coefficient (Wildman–Crippen LogP) is 3.89. The maximum absolute atomic E-state index is 12.3. The fourth-order valence-corrected chi connectivity index (χ4v) is 2.68. The highest BCUT2D eigenvalue weighted by Crippen LogP contribution is 2.21. The van der Waals surface area contributed by atoms with Crippen molar-refractivity contribution in [1.29, 1.82) is 0 Å². The molecule has 1 aliphatic heterocycles. The van der Waals surface area contributed by atoms with Crippen LogP contribution in [0.5, 0.6) is 0 Å². The molecule has 1 atom stereocenters. The lowest BCUT2D eigenvalue weighted by Crippen LogP contribution is -2.47. The van der Waals surface area contributed by atoms with Crippen LogP contribution in [0.3, 0.4) is 0 Å². The Bertz CT molecular complexity index is 437. The highest BCUT2D eigenvalue weighted by Gasteiger charge is 2.30. The second-order valence-corrected chi connectivity index (χ2v) is 8.45. The van der Waals surface area contributed by atoms with Gasteiger partial charge in [0, 0.05) is 26.2 Å². The van der Waals surface area contributed by atoms with Crippen molar-refractivity contribution in [2.75, 3.05) is 26.2 Å². The van der Waals surface area contributed by atoms with Gasteiger partial charge in [-0.25, -0.2) is 9.59 Å². The largest absolute Gasteiger partial charge is 0.444 e. The van der Waals surface area contributed by atoms with Gasteiger partial charge in [0.05, 0.1) is 0 Å². The zero-order chi connectivity index (χ0) is 18.5. The molecule has 0 radical (unpaired) electrons. The molecule has 1 fully saturated rings. The first kappa shape index (κ1) is 20.6. The summed E-state index contributed by atoms with van der Waals surface area (Å²) in [7, 11) is 0. The second kappa shape index (κ2) is 8.08. The van der Waals surface area contributed by atoms with Crippen LogP contribution >= 0.6 is 0 Å². The number of hydrogen-bond acceptors (Lipinski definition) is 4. The molecular formula is C18H34N2O4. The van der Waals surface area contributed by atoms with E-state index in [2.05, 4.69) is 0 Å². The van der Waals surface area contributed by atoms with Crippen molar-refractivity contribution < 1.29 is 19.1 Å². The SMILES string of the molecule is CCN(CC1CCCN(C(=O)OC(C)(C)C)C1)C(=O)OC(C)(C)C. The Morgan fingerprint density at radius 2 is 1.67 bits per heavy atom. The van der Waals surface area contributed by atoms with E-state index < -0.39 is 11.2 Å². The predicted molar refractivity (Wildman–Crippen MR) is 94.0 cm³/mol. The lowest BCUT2D eigenvalue weighted by atomic mass is 9.98. The summed E-state index contributed by atoms with van der Waals surface area (Å²) in [5, 5.41) is 0. The molecule has 2 amide bonds. The van der Waals surface area contributed by atoms with Crippen LogP contribution in [0, 0.1) is 5.92 Å². The molecular weight excluding hydrogens is 308 g/mol. The van der Waals surface area contributed by atoms with Gasteiger partial charge in [0.1, 0.15) is 11.2 Å². The molecule has 1 aliphatic rings. The third-order valence-electron chi connectivity index (χ3n) is 3.68. The van der Waals surface area contributed by atoms with E-state index in [1.165, 1.54) is 0 Å². The van der Waals surface area contributed by atoms with Gasteiger partial charge in [-0.15, -0.1) is 0 Å². The summed E-state index contributed by atoms with van der Waals surface area (Å²) in [6, 6.07) is 0. The molecule has 1 saturated heterocycles. The smallest absolute Gasteiger partial charge is 0.410 e. The van der Waals surface area contributed by atoms with Gasteiger partial charge < -0.3 is 19.3 Å². The molecule has 0 aromatic heterocycles. The molecule has 6 nitrogen and oxygen atoms in total.